The zero-order valence-corrected chi connectivity index (χ0v) is 17.3. The number of nitrogens with zero attached hydrogens (tertiary/aromatic N) is 2. The molecule has 6 heterocycles. The summed E-state index contributed by atoms with van der Waals surface area (Å²) in [4.78, 5) is 8.29. The molecule has 4 nitrogen and oxygen atoms in total. The highest BCUT2D eigenvalue weighted by molar-refractivity contribution is 6.29. The molecule has 4 saturated heterocycles. The minimum absolute atomic E-state index is 0.588. The van der Waals surface area contributed by atoms with E-state index in [1.165, 1.54) is 49.7 Å². The maximum Gasteiger partial charge on any atom is 0.129 e. The predicted molar refractivity (Wildman–Crippen MR) is 113 cm³/mol. The Bertz CT molecular complexity index is 741. The number of rotatable bonds is 2. The van der Waals surface area contributed by atoms with Crippen molar-refractivity contribution >= 4 is 23.2 Å². The fourth-order valence-electron chi connectivity index (χ4n) is 5.60. The predicted octanol–water partition coefficient (Wildman–Crippen LogP) is 4.69. The molecule has 4 aliphatic heterocycles. The van der Waals surface area contributed by atoms with Gasteiger partial charge in [-0.2, -0.15) is 0 Å². The van der Waals surface area contributed by atoms with E-state index in [0.29, 0.717) is 34.2 Å². The van der Waals surface area contributed by atoms with Crippen LogP contribution in [0.5, 0.6) is 0 Å². The summed E-state index contributed by atoms with van der Waals surface area (Å²) in [5.74, 6) is 1.33. The molecule has 6 rings (SSSR count). The molecule has 0 radical (unpaired) electrons. The summed E-state index contributed by atoms with van der Waals surface area (Å²) in [5, 5.41) is 8.44. The van der Waals surface area contributed by atoms with Crippen molar-refractivity contribution in [2.24, 2.45) is 0 Å². The molecule has 0 amide bonds. The van der Waals surface area contributed by atoms with Crippen molar-refractivity contribution < 1.29 is 0 Å². The molecule has 0 spiro atoms. The molecule has 2 aromatic heterocycles. The van der Waals surface area contributed by atoms with Crippen LogP contribution in [0.25, 0.3) is 0 Å². The van der Waals surface area contributed by atoms with E-state index < -0.39 is 0 Å². The van der Waals surface area contributed by atoms with Crippen LogP contribution < -0.4 is 10.6 Å². The first-order chi connectivity index (χ1) is 13.7. The van der Waals surface area contributed by atoms with Gasteiger partial charge in [-0.3, -0.25) is 0 Å². The van der Waals surface area contributed by atoms with Crippen molar-refractivity contribution in [2.45, 2.75) is 74.5 Å². The molecule has 0 aromatic carbocycles. The second-order valence-corrected chi connectivity index (χ2v) is 9.38. The van der Waals surface area contributed by atoms with Crippen LogP contribution in [0.3, 0.4) is 0 Å². The highest BCUT2D eigenvalue weighted by Gasteiger charge is 2.40. The summed E-state index contributed by atoms with van der Waals surface area (Å²) < 4.78 is 0. The van der Waals surface area contributed by atoms with Gasteiger partial charge in [0.1, 0.15) is 10.3 Å². The molecule has 0 saturated carbocycles. The fraction of sp³-hybridized carbons (Fsp3) is 0.545. The van der Waals surface area contributed by atoms with E-state index in [2.05, 4.69) is 32.7 Å². The van der Waals surface area contributed by atoms with E-state index in [1.807, 2.05) is 24.5 Å². The number of aromatic nitrogens is 2. The fourth-order valence-corrected chi connectivity index (χ4v) is 5.82. The third-order valence-corrected chi connectivity index (χ3v) is 7.40. The maximum absolute atomic E-state index is 5.77. The number of hydrogen-bond donors (Lipinski definition) is 2. The van der Waals surface area contributed by atoms with Gasteiger partial charge >= 0.3 is 0 Å². The van der Waals surface area contributed by atoms with Gasteiger partial charge in [0, 0.05) is 48.4 Å². The minimum atomic E-state index is 0.588. The van der Waals surface area contributed by atoms with E-state index in [0.717, 1.165) is 12.1 Å². The van der Waals surface area contributed by atoms with Crippen molar-refractivity contribution in [3.8, 4) is 0 Å². The van der Waals surface area contributed by atoms with E-state index >= 15 is 0 Å². The van der Waals surface area contributed by atoms with Crippen molar-refractivity contribution in [2.75, 3.05) is 0 Å². The lowest BCUT2D eigenvalue weighted by atomic mass is 9.85. The monoisotopic (exact) mass is 416 g/mol. The zero-order valence-electron chi connectivity index (χ0n) is 15.8. The van der Waals surface area contributed by atoms with Crippen LogP contribution in [-0.4, -0.2) is 34.1 Å². The summed E-state index contributed by atoms with van der Waals surface area (Å²) >= 11 is 11.5. The van der Waals surface area contributed by atoms with Gasteiger partial charge in [-0.25, -0.2) is 9.97 Å². The molecule has 148 valence electrons. The Kier molecular flexibility index (Phi) is 5.31. The first-order valence-electron chi connectivity index (χ1n) is 10.4. The topological polar surface area (TPSA) is 49.8 Å². The highest BCUT2D eigenvalue weighted by atomic mass is 35.5. The number of halogens is 2. The Morgan fingerprint density at radius 2 is 1.14 bits per heavy atom. The molecule has 2 N–H and O–H groups in total. The van der Waals surface area contributed by atoms with Crippen molar-refractivity contribution in [3.05, 3.63) is 58.1 Å². The Morgan fingerprint density at radius 3 is 1.43 bits per heavy atom. The normalized spacial score (nSPS) is 35.1. The first kappa shape index (κ1) is 18.8. The van der Waals surface area contributed by atoms with E-state index in [9.17, 15) is 0 Å². The average Bonchev–Trinajstić information content (AvgIpc) is 3.51. The molecule has 0 aliphatic carbocycles. The molecule has 4 bridgehead atoms. The van der Waals surface area contributed by atoms with Gasteiger partial charge in [0.2, 0.25) is 0 Å². The summed E-state index contributed by atoms with van der Waals surface area (Å²) in [5.41, 5.74) is 2.68. The second-order valence-electron chi connectivity index (χ2n) is 8.61. The summed E-state index contributed by atoms with van der Waals surface area (Å²) in [6, 6.07) is 10.9. The highest BCUT2D eigenvalue weighted by Crippen LogP contribution is 2.40. The average molecular weight is 417 g/mol. The van der Waals surface area contributed by atoms with Crippen LogP contribution >= 0.6 is 23.2 Å². The van der Waals surface area contributed by atoms with Crippen LogP contribution in [0.2, 0.25) is 10.3 Å². The summed E-state index contributed by atoms with van der Waals surface area (Å²) in [7, 11) is 0. The van der Waals surface area contributed by atoms with Crippen LogP contribution in [-0.2, 0) is 0 Å². The van der Waals surface area contributed by atoms with Gasteiger partial charge in [-0.05, 0) is 61.8 Å². The lowest BCUT2D eigenvalue weighted by Crippen LogP contribution is -2.21. The van der Waals surface area contributed by atoms with Crippen LogP contribution in [0.4, 0.5) is 0 Å². The van der Waals surface area contributed by atoms with Gasteiger partial charge in [-0.1, -0.05) is 35.3 Å². The second kappa shape index (κ2) is 7.91. The maximum atomic E-state index is 5.77. The van der Waals surface area contributed by atoms with Crippen molar-refractivity contribution in [1.29, 1.82) is 0 Å². The van der Waals surface area contributed by atoms with Gasteiger partial charge in [0.25, 0.3) is 0 Å². The standard InChI is InChI=1S/2C11H13ClN2/c2*12-11-4-1-7(6-13-11)9-5-8-2-3-10(9)14-8/h2*1,4,6,8-10,14H,2-3,5H2. The largest absolute Gasteiger partial charge is 0.311 e. The third-order valence-electron chi connectivity index (χ3n) is 6.96. The minimum Gasteiger partial charge on any atom is -0.311 e. The van der Waals surface area contributed by atoms with Gasteiger partial charge in [0.15, 0.2) is 0 Å². The van der Waals surface area contributed by atoms with Gasteiger partial charge in [-0.15, -0.1) is 0 Å². The molecule has 6 atom stereocenters. The quantitative estimate of drug-likeness (QED) is 0.697. The van der Waals surface area contributed by atoms with Crippen molar-refractivity contribution in [3.63, 3.8) is 0 Å². The molecule has 4 aliphatic rings. The van der Waals surface area contributed by atoms with Gasteiger partial charge < -0.3 is 10.6 Å². The van der Waals surface area contributed by atoms with Crippen molar-refractivity contribution in [1.82, 2.24) is 20.6 Å². The Morgan fingerprint density at radius 1 is 0.679 bits per heavy atom. The molecule has 28 heavy (non-hydrogen) atoms. The molecular formula is C22H26Cl2N4. The SMILES string of the molecule is Clc1ccc(C2CC3CCC2N3)cn1.Clc1ccc(C2CC3CCC2N3)cn1. The number of pyridine rings is 2. The Labute approximate surface area is 176 Å². The lowest BCUT2D eigenvalue weighted by molar-refractivity contribution is 0.505. The lowest BCUT2D eigenvalue weighted by Gasteiger charge is -2.19. The van der Waals surface area contributed by atoms with Crippen LogP contribution in [0.1, 0.15) is 61.5 Å². The summed E-state index contributed by atoms with van der Waals surface area (Å²) in [6.07, 6.45) is 11.7. The molecule has 2 aromatic rings. The number of hydrogen-bond acceptors (Lipinski definition) is 4. The van der Waals surface area contributed by atoms with Crippen LogP contribution in [0.15, 0.2) is 36.7 Å². The van der Waals surface area contributed by atoms with Gasteiger partial charge in [0.05, 0.1) is 0 Å². The Hall–Kier alpha value is -1.20. The first-order valence-corrected chi connectivity index (χ1v) is 11.2. The Balaban J connectivity index is 0.000000122. The summed E-state index contributed by atoms with van der Waals surface area (Å²) in [6.45, 7) is 0. The van der Waals surface area contributed by atoms with Crippen LogP contribution in [0, 0.1) is 0 Å². The zero-order chi connectivity index (χ0) is 19.1. The molecular weight excluding hydrogens is 391 g/mol. The molecule has 6 heteroatoms. The third kappa shape index (κ3) is 3.80. The molecule has 6 unspecified atom stereocenters. The van der Waals surface area contributed by atoms with E-state index in [-0.39, 0.29) is 0 Å². The number of fused-ring (bicyclic) bond motifs is 4. The molecule has 4 fully saturated rings. The van der Waals surface area contributed by atoms with E-state index in [4.69, 9.17) is 23.2 Å². The smallest absolute Gasteiger partial charge is 0.129 e. The van der Waals surface area contributed by atoms with E-state index in [1.54, 1.807) is 0 Å². The number of nitrogens with one attached hydrogen (secondary N) is 2.